The third kappa shape index (κ3) is 3.70. The summed E-state index contributed by atoms with van der Waals surface area (Å²) in [6.07, 6.45) is 2.72. The van der Waals surface area contributed by atoms with Crippen molar-refractivity contribution in [3.63, 3.8) is 0 Å². The van der Waals surface area contributed by atoms with Gasteiger partial charge in [-0.15, -0.1) is 0 Å². The molecule has 2 unspecified atom stereocenters. The number of carbonyl (C=O) groups is 1. The van der Waals surface area contributed by atoms with E-state index in [2.05, 4.69) is 11.8 Å². The highest BCUT2D eigenvalue weighted by Crippen LogP contribution is 2.20. The van der Waals surface area contributed by atoms with E-state index in [-0.39, 0.29) is 5.92 Å². The smallest absolute Gasteiger partial charge is 0.307 e. The summed E-state index contributed by atoms with van der Waals surface area (Å²) < 4.78 is 0. The molecular formula is C15H22N2O2. The molecule has 4 nitrogen and oxygen atoms in total. The fraction of sp³-hybridized carbons (Fsp3) is 0.533. The van der Waals surface area contributed by atoms with Gasteiger partial charge in [0.05, 0.1) is 5.92 Å². The Kier molecular flexibility index (Phi) is 4.43. The fourth-order valence-electron chi connectivity index (χ4n) is 2.73. The molecule has 1 heterocycles. The number of benzene rings is 1. The molecule has 19 heavy (non-hydrogen) atoms. The molecule has 2 rings (SSSR count). The van der Waals surface area contributed by atoms with E-state index in [4.69, 9.17) is 10.8 Å². The number of anilines is 1. The average molecular weight is 262 g/mol. The van der Waals surface area contributed by atoms with Crippen LogP contribution in [-0.4, -0.2) is 35.1 Å². The minimum absolute atomic E-state index is 0.206. The Labute approximate surface area is 114 Å². The number of likely N-dealkylation sites (tertiary alicyclic amines) is 1. The Hall–Kier alpha value is -1.55. The van der Waals surface area contributed by atoms with Crippen molar-refractivity contribution in [2.45, 2.75) is 32.2 Å². The standard InChI is InChI=1S/C15H22N2O2/c1-11(9-12-4-6-14(16)7-5-12)17-8-2-3-13(10-17)15(18)19/h4-7,11,13H,2-3,8-10,16H2,1H3,(H,18,19). The highest BCUT2D eigenvalue weighted by atomic mass is 16.4. The molecule has 0 amide bonds. The van der Waals surface area contributed by atoms with Crippen LogP contribution in [0.2, 0.25) is 0 Å². The second-order valence-electron chi connectivity index (χ2n) is 5.47. The van der Waals surface area contributed by atoms with Crippen molar-refractivity contribution in [2.24, 2.45) is 5.92 Å². The van der Waals surface area contributed by atoms with E-state index in [9.17, 15) is 4.79 Å². The molecule has 1 aliphatic heterocycles. The van der Waals surface area contributed by atoms with Crippen LogP contribution in [0, 0.1) is 5.92 Å². The summed E-state index contributed by atoms with van der Waals surface area (Å²) in [6, 6.07) is 8.29. The lowest BCUT2D eigenvalue weighted by atomic mass is 9.95. The fourth-order valence-corrected chi connectivity index (χ4v) is 2.73. The molecule has 104 valence electrons. The van der Waals surface area contributed by atoms with Crippen molar-refractivity contribution in [3.8, 4) is 0 Å². The Morgan fingerprint density at radius 1 is 1.47 bits per heavy atom. The number of nitrogens with two attached hydrogens (primary N) is 1. The summed E-state index contributed by atoms with van der Waals surface area (Å²) in [5.41, 5.74) is 7.70. The second-order valence-corrected chi connectivity index (χ2v) is 5.47. The minimum Gasteiger partial charge on any atom is -0.481 e. The zero-order chi connectivity index (χ0) is 13.8. The Balaban J connectivity index is 1.93. The van der Waals surface area contributed by atoms with Crippen molar-refractivity contribution in [2.75, 3.05) is 18.8 Å². The predicted molar refractivity (Wildman–Crippen MR) is 76.0 cm³/mol. The molecule has 0 bridgehead atoms. The summed E-state index contributed by atoms with van der Waals surface area (Å²) >= 11 is 0. The van der Waals surface area contributed by atoms with Gasteiger partial charge in [0, 0.05) is 18.3 Å². The Morgan fingerprint density at radius 2 is 2.16 bits per heavy atom. The number of piperidine rings is 1. The van der Waals surface area contributed by atoms with Gasteiger partial charge in [-0.2, -0.15) is 0 Å². The lowest BCUT2D eigenvalue weighted by molar-refractivity contribution is -0.143. The quantitative estimate of drug-likeness (QED) is 0.814. The molecule has 1 saturated heterocycles. The van der Waals surface area contributed by atoms with Crippen LogP contribution in [0.5, 0.6) is 0 Å². The molecule has 3 N–H and O–H groups in total. The molecule has 1 aromatic carbocycles. The molecule has 1 fully saturated rings. The van der Waals surface area contributed by atoms with E-state index in [1.54, 1.807) is 0 Å². The average Bonchev–Trinajstić information content (AvgIpc) is 2.41. The Bertz CT molecular complexity index is 430. The lowest BCUT2D eigenvalue weighted by Gasteiger charge is -2.35. The number of hydrogen-bond acceptors (Lipinski definition) is 3. The van der Waals surface area contributed by atoms with Gasteiger partial charge in [0.2, 0.25) is 0 Å². The lowest BCUT2D eigenvalue weighted by Crippen LogP contribution is -2.44. The van der Waals surface area contributed by atoms with E-state index >= 15 is 0 Å². The predicted octanol–water partition coefficient (Wildman–Crippen LogP) is 2.00. The van der Waals surface area contributed by atoms with Crippen LogP contribution in [0.3, 0.4) is 0 Å². The van der Waals surface area contributed by atoms with Crippen molar-refractivity contribution in [3.05, 3.63) is 29.8 Å². The van der Waals surface area contributed by atoms with Gasteiger partial charge in [0.1, 0.15) is 0 Å². The van der Waals surface area contributed by atoms with Crippen molar-refractivity contribution < 1.29 is 9.90 Å². The highest BCUT2D eigenvalue weighted by Gasteiger charge is 2.27. The van der Waals surface area contributed by atoms with Crippen LogP contribution >= 0.6 is 0 Å². The first-order valence-corrected chi connectivity index (χ1v) is 6.87. The van der Waals surface area contributed by atoms with E-state index in [0.717, 1.165) is 31.5 Å². The van der Waals surface area contributed by atoms with Crippen molar-refractivity contribution >= 4 is 11.7 Å². The largest absolute Gasteiger partial charge is 0.481 e. The van der Waals surface area contributed by atoms with Crippen LogP contribution in [0.1, 0.15) is 25.3 Å². The number of nitrogens with zero attached hydrogens (tertiary/aromatic N) is 1. The summed E-state index contributed by atoms with van der Waals surface area (Å²) in [4.78, 5) is 13.4. The van der Waals surface area contributed by atoms with Crippen LogP contribution in [0.15, 0.2) is 24.3 Å². The van der Waals surface area contributed by atoms with Crippen molar-refractivity contribution in [1.82, 2.24) is 4.90 Å². The molecule has 0 aliphatic carbocycles. The summed E-state index contributed by atoms with van der Waals surface area (Å²) in [6.45, 7) is 3.84. The first-order valence-electron chi connectivity index (χ1n) is 6.87. The number of aliphatic carboxylic acids is 1. The highest BCUT2D eigenvalue weighted by molar-refractivity contribution is 5.70. The van der Waals surface area contributed by atoms with Gasteiger partial charge in [-0.1, -0.05) is 12.1 Å². The maximum Gasteiger partial charge on any atom is 0.307 e. The first-order chi connectivity index (χ1) is 9.06. The third-order valence-corrected chi connectivity index (χ3v) is 3.94. The first kappa shape index (κ1) is 13.9. The summed E-state index contributed by atoms with van der Waals surface area (Å²) in [5, 5.41) is 9.12. The normalized spacial score (nSPS) is 22.1. The number of carboxylic acids is 1. The molecule has 0 aromatic heterocycles. The van der Waals surface area contributed by atoms with Crippen LogP contribution in [0.4, 0.5) is 5.69 Å². The summed E-state index contributed by atoms with van der Waals surface area (Å²) in [7, 11) is 0. The van der Waals surface area contributed by atoms with Gasteiger partial charge >= 0.3 is 5.97 Å². The van der Waals surface area contributed by atoms with Gasteiger partial charge in [0.25, 0.3) is 0 Å². The van der Waals surface area contributed by atoms with Gasteiger partial charge in [-0.25, -0.2) is 0 Å². The van der Waals surface area contributed by atoms with Gasteiger partial charge in [-0.3, -0.25) is 9.69 Å². The van der Waals surface area contributed by atoms with Crippen LogP contribution in [0.25, 0.3) is 0 Å². The van der Waals surface area contributed by atoms with E-state index in [1.807, 2.05) is 24.3 Å². The number of carboxylic acid groups (broad SMARTS) is 1. The van der Waals surface area contributed by atoms with Gasteiger partial charge < -0.3 is 10.8 Å². The van der Waals surface area contributed by atoms with Gasteiger partial charge in [0.15, 0.2) is 0 Å². The molecule has 0 saturated carbocycles. The monoisotopic (exact) mass is 262 g/mol. The molecular weight excluding hydrogens is 240 g/mol. The molecule has 4 heteroatoms. The number of hydrogen-bond donors (Lipinski definition) is 2. The van der Waals surface area contributed by atoms with Gasteiger partial charge in [-0.05, 0) is 50.4 Å². The van der Waals surface area contributed by atoms with Crippen LogP contribution in [-0.2, 0) is 11.2 Å². The van der Waals surface area contributed by atoms with Crippen LogP contribution < -0.4 is 5.73 Å². The topological polar surface area (TPSA) is 66.6 Å². The zero-order valence-electron chi connectivity index (χ0n) is 11.4. The Morgan fingerprint density at radius 3 is 2.79 bits per heavy atom. The minimum atomic E-state index is -0.663. The number of nitrogen functional groups attached to an aromatic ring is 1. The SMILES string of the molecule is CC(Cc1ccc(N)cc1)N1CCCC(C(=O)O)C1. The maximum absolute atomic E-state index is 11.1. The second kappa shape index (κ2) is 6.06. The molecule has 1 aliphatic rings. The molecule has 0 radical (unpaired) electrons. The van der Waals surface area contributed by atoms with E-state index in [1.165, 1.54) is 5.56 Å². The van der Waals surface area contributed by atoms with E-state index < -0.39 is 5.97 Å². The number of rotatable bonds is 4. The zero-order valence-corrected chi connectivity index (χ0v) is 11.4. The van der Waals surface area contributed by atoms with Crippen molar-refractivity contribution in [1.29, 1.82) is 0 Å². The maximum atomic E-state index is 11.1. The molecule has 2 atom stereocenters. The summed E-state index contributed by atoms with van der Waals surface area (Å²) in [5.74, 6) is -0.869. The van der Waals surface area contributed by atoms with E-state index in [0.29, 0.717) is 12.6 Å². The third-order valence-electron chi connectivity index (χ3n) is 3.94. The molecule has 0 spiro atoms. The molecule has 1 aromatic rings.